The van der Waals surface area contributed by atoms with Crippen molar-refractivity contribution in [3.63, 3.8) is 0 Å². The van der Waals surface area contributed by atoms with Gasteiger partial charge in [-0.3, -0.25) is 0 Å². The molecule has 5 rings (SSSR count). The molecule has 0 spiro atoms. The monoisotopic (exact) mass is 445 g/mol. The summed E-state index contributed by atoms with van der Waals surface area (Å²) in [5, 5.41) is 0. The molecule has 0 bridgehead atoms. The summed E-state index contributed by atoms with van der Waals surface area (Å²) < 4.78 is 11.4. The van der Waals surface area contributed by atoms with Gasteiger partial charge in [0.2, 0.25) is 5.90 Å². The Morgan fingerprint density at radius 3 is 2.26 bits per heavy atom. The highest BCUT2D eigenvalue weighted by atomic mass is 16.6. The van der Waals surface area contributed by atoms with Gasteiger partial charge in [-0.25, -0.2) is 9.79 Å². The van der Waals surface area contributed by atoms with E-state index in [0.717, 1.165) is 33.6 Å². The van der Waals surface area contributed by atoms with E-state index in [1.807, 2.05) is 66.7 Å². The van der Waals surface area contributed by atoms with Gasteiger partial charge in [0.15, 0.2) is 5.70 Å². The molecule has 4 heteroatoms. The molecule has 1 heterocycles. The first-order chi connectivity index (χ1) is 16.6. The Bertz CT molecular complexity index is 1370. The standard InChI is InChI=1S/C30H23NO3/c1-21-10-12-22(13-11-21)20-33-27-9-5-6-23(18-27)19-28-30(32)34-29(31-28)26-16-14-25(15-17-26)24-7-3-2-4-8-24/h2-19H,20H2,1H3/b28-19-. The largest absolute Gasteiger partial charge is 0.489 e. The van der Waals surface area contributed by atoms with Crippen molar-refractivity contribution in [2.45, 2.75) is 13.5 Å². The molecule has 0 fully saturated rings. The van der Waals surface area contributed by atoms with Crippen molar-refractivity contribution in [1.29, 1.82) is 0 Å². The molecule has 4 aromatic rings. The Labute approximate surface area is 198 Å². The Morgan fingerprint density at radius 1 is 0.794 bits per heavy atom. The molecule has 0 radical (unpaired) electrons. The highest BCUT2D eigenvalue weighted by Crippen LogP contribution is 2.24. The summed E-state index contributed by atoms with van der Waals surface area (Å²) in [7, 11) is 0. The third-order valence-corrected chi connectivity index (χ3v) is 5.55. The van der Waals surface area contributed by atoms with Crippen LogP contribution in [0.2, 0.25) is 0 Å². The molecular weight excluding hydrogens is 422 g/mol. The number of carbonyl (C=O) groups is 1. The van der Waals surface area contributed by atoms with Gasteiger partial charge in [0.25, 0.3) is 0 Å². The summed E-state index contributed by atoms with van der Waals surface area (Å²) in [6.07, 6.45) is 1.71. The molecule has 0 atom stereocenters. The van der Waals surface area contributed by atoms with Crippen molar-refractivity contribution in [2.75, 3.05) is 0 Å². The summed E-state index contributed by atoms with van der Waals surface area (Å²) in [6, 6.07) is 33.8. The van der Waals surface area contributed by atoms with Crippen LogP contribution in [0.5, 0.6) is 5.75 Å². The van der Waals surface area contributed by atoms with E-state index < -0.39 is 5.97 Å². The third-order valence-electron chi connectivity index (χ3n) is 5.55. The molecule has 1 aliphatic heterocycles. The first-order valence-corrected chi connectivity index (χ1v) is 11.1. The van der Waals surface area contributed by atoms with Crippen LogP contribution in [0, 0.1) is 6.92 Å². The molecule has 1 aliphatic rings. The molecule has 4 nitrogen and oxygen atoms in total. The van der Waals surface area contributed by atoms with Crippen molar-refractivity contribution < 1.29 is 14.3 Å². The van der Waals surface area contributed by atoms with E-state index in [9.17, 15) is 4.79 Å². The summed E-state index contributed by atoms with van der Waals surface area (Å²) >= 11 is 0. The average molecular weight is 446 g/mol. The van der Waals surface area contributed by atoms with E-state index in [1.165, 1.54) is 5.56 Å². The number of esters is 1. The second-order valence-electron chi connectivity index (χ2n) is 8.13. The Hall–Kier alpha value is -4.44. The molecule has 34 heavy (non-hydrogen) atoms. The van der Waals surface area contributed by atoms with Gasteiger partial charge >= 0.3 is 5.97 Å². The second-order valence-corrected chi connectivity index (χ2v) is 8.13. The molecule has 0 unspecified atom stereocenters. The maximum atomic E-state index is 12.4. The number of aliphatic imine (C=N–C) groups is 1. The molecule has 0 saturated heterocycles. The van der Waals surface area contributed by atoms with Gasteiger partial charge in [-0.2, -0.15) is 0 Å². The van der Waals surface area contributed by atoms with Crippen LogP contribution in [0.3, 0.4) is 0 Å². The number of benzene rings is 4. The van der Waals surface area contributed by atoms with E-state index in [-0.39, 0.29) is 5.70 Å². The first kappa shape index (κ1) is 21.4. The number of cyclic esters (lactones) is 1. The van der Waals surface area contributed by atoms with E-state index in [4.69, 9.17) is 9.47 Å². The van der Waals surface area contributed by atoms with Crippen LogP contribution in [-0.4, -0.2) is 11.9 Å². The van der Waals surface area contributed by atoms with E-state index in [1.54, 1.807) is 6.08 Å². The maximum Gasteiger partial charge on any atom is 0.363 e. The smallest absolute Gasteiger partial charge is 0.363 e. The molecular formula is C30H23NO3. The van der Waals surface area contributed by atoms with Crippen LogP contribution in [0.15, 0.2) is 114 Å². The quantitative estimate of drug-likeness (QED) is 0.249. The zero-order valence-electron chi connectivity index (χ0n) is 18.8. The van der Waals surface area contributed by atoms with Crippen molar-refractivity contribution >= 4 is 17.9 Å². The Balaban J connectivity index is 1.31. The van der Waals surface area contributed by atoms with Crippen molar-refractivity contribution in [1.82, 2.24) is 0 Å². The fourth-order valence-corrected chi connectivity index (χ4v) is 3.67. The number of ether oxygens (including phenoxy) is 2. The van der Waals surface area contributed by atoms with Gasteiger partial charge in [-0.05, 0) is 59.5 Å². The van der Waals surface area contributed by atoms with Crippen molar-refractivity contribution in [2.24, 2.45) is 4.99 Å². The van der Waals surface area contributed by atoms with Crippen LogP contribution in [-0.2, 0) is 16.1 Å². The predicted octanol–water partition coefficient (Wildman–Crippen LogP) is 6.59. The average Bonchev–Trinajstić information content (AvgIpc) is 3.24. The number of hydrogen-bond acceptors (Lipinski definition) is 4. The van der Waals surface area contributed by atoms with Gasteiger partial charge in [-0.1, -0.05) is 84.4 Å². The molecule has 4 aromatic carbocycles. The molecule has 0 amide bonds. The summed E-state index contributed by atoms with van der Waals surface area (Å²) in [6.45, 7) is 2.53. The lowest BCUT2D eigenvalue weighted by atomic mass is 10.0. The normalized spacial score (nSPS) is 14.1. The van der Waals surface area contributed by atoms with Gasteiger partial charge in [-0.15, -0.1) is 0 Å². The SMILES string of the molecule is Cc1ccc(COc2cccc(/C=C3\N=C(c4ccc(-c5ccccc5)cc4)OC3=O)c2)cc1. The van der Waals surface area contributed by atoms with Crippen LogP contribution in [0.4, 0.5) is 0 Å². The van der Waals surface area contributed by atoms with Gasteiger partial charge in [0.05, 0.1) is 0 Å². The summed E-state index contributed by atoms with van der Waals surface area (Å²) in [4.78, 5) is 16.9. The first-order valence-electron chi connectivity index (χ1n) is 11.1. The minimum atomic E-state index is -0.465. The van der Waals surface area contributed by atoms with Crippen LogP contribution >= 0.6 is 0 Å². The maximum absolute atomic E-state index is 12.4. The second kappa shape index (κ2) is 9.59. The van der Waals surface area contributed by atoms with Gasteiger partial charge in [0, 0.05) is 5.56 Å². The van der Waals surface area contributed by atoms with Crippen LogP contribution in [0.1, 0.15) is 22.3 Å². The molecule has 0 saturated carbocycles. The number of aryl methyl sites for hydroxylation is 1. The molecule has 0 aliphatic carbocycles. The lowest BCUT2D eigenvalue weighted by molar-refractivity contribution is -0.129. The lowest BCUT2D eigenvalue weighted by Gasteiger charge is -2.07. The lowest BCUT2D eigenvalue weighted by Crippen LogP contribution is -2.05. The van der Waals surface area contributed by atoms with Gasteiger partial charge < -0.3 is 9.47 Å². The highest BCUT2D eigenvalue weighted by molar-refractivity contribution is 6.13. The fraction of sp³-hybridized carbons (Fsp3) is 0.0667. The Kier molecular flexibility index (Phi) is 6.04. The zero-order chi connectivity index (χ0) is 23.3. The number of carbonyl (C=O) groups excluding carboxylic acids is 1. The van der Waals surface area contributed by atoms with E-state index in [0.29, 0.717) is 12.5 Å². The summed E-state index contributed by atoms with van der Waals surface area (Å²) in [5.74, 6) is 0.567. The minimum Gasteiger partial charge on any atom is -0.489 e. The highest BCUT2D eigenvalue weighted by Gasteiger charge is 2.24. The topological polar surface area (TPSA) is 47.9 Å². The van der Waals surface area contributed by atoms with Crippen LogP contribution < -0.4 is 4.74 Å². The Morgan fingerprint density at radius 2 is 1.50 bits per heavy atom. The van der Waals surface area contributed by atoms with Crippen molar-refractivity contribution in [3.8, 4) is 16.9 Å². The number of nitrogens with zero attached hydrogens (tertiary/aromatic N) is 1. The van der Waals surface area contributed by atoms with Gasteiger partial charge in [0.1, 0.15) is 12.4 Å². The predicted molar refractivity (Wildman–Crippen MR) is 134 cm³/mol. The van der Waals surface area contributed by atoms with Crippen LogP contribution in [0.25, 0.3) is 17.2 Å². The fourth-order valence-electron chi connectivity index (χ4n) is 3.67. The minimum absolute atomic E-state index is 0.262. The van der Waals surface area contributed by atoms with Crippen molar-refractivity contribution in [3.05, 3.63) is 131 Å². The molecule has 166 valence electrons. The third kappa shape index (κ3) is 4.97. The van der Waals surface area contributed by atoms with E-state index in [2.05, 4.69) is 48.3 Å². The summed E-state index contributed by atoms with van der Waals surface area (Å²) in [5.41, 5.74) is 6.37. The number of hydrogen-bond donors (Lipinski definition) is 0. The number of rotatable bonds is 6. The van der Waals surface area contributed by atoms with E-state index >= 15 is 0 Å². The molecule has 0 aromatic heterocycles. The molecule has 0 N–H and O–H groups in total. The zero-order valence-corrected chi connectivity index (χ0v) is 18.8.